The number of piperidine rings is 1. The zero-order valence-corrected chi connectivity index (χ0v) is 10.9. The third kappa shape index (κ3) is 4.86. The van der Waals surface area contributed by atoms with Gasteiger partial charge in [0.15, 0.2) is 0 Å². The Balaban J connectivity index is 1.80. The molecule has 2 rings (SSSR count). The van der Waals surface area contributed by atoms with E-state index in [1.165, 1.54) is 12.8 Å². The monoisotopic (exact) mass is 261 g/mol. The Kier molecular flexibility index (Phi) is 5.60. The molecule has 1 aromatic rings. The number of nitrogens with one attached hydrogen (secondary N) is 1. The third-order valence-electron chi connectivity index (χ3n) is 2.95. The molecular formula is C14H19N3O2. The largest absolute Gasteiger partial charge is 0.476 e. The van der Waals surface area contributed by atoms with Crippen LogP contribution in [-0.2, 0) is 0 Å². The number of hydrogen-bond donors (Lipinski definition) is 2. The molecule has 2 heterocycles. The van der Waals surface area contributed by atoms with Crippen LogP contribution in [0.15, 0.2) is 12.4 Å². The molecule has 0 spiro atoms. The van der Waals surface area contributed by atoms with Gasteiger partial charge in [-0.2, -0.15) is 0 Å². The predicted octanol–water partition coefficient (Wildman–Crippen LogP) is 0.589. The van der Waals surface area contributed by atoms with E-state index in [0.29, 0.717) is 30.5 Å². The normalized spacial score (nSPS) is 18.5. The van der Waals surface area contributed by atoms with Crippen LogP contribution in [0.2, 0.25) is 0 Å². The van der Waals surface area contributed by atoms with Gasteiger partial charge >= 0.3 is 0 Å². The first kappa shape index (κ1) is 13.8. The summed E-state index contributed by atoms with van der Waals surface area (Å²) in [5, 5.41) is 12.0. The Labute approximate surface area is 113 Å². The maximum atomic E-state index is 8.62. The fraction of sp³-hybridized carbons (Fsp3) is 0.571. The molecule has 102 valence electrons. The minimum Gasteiger partial charge on any atom is -0.476 e. The molecule has 5 nitrogen and oxygen atoms in total. The third-order valence-corrected chi connectivity index (χ3v) is 2.95. The van der Waals surface area contributed by atoms with Crippen molar-refractivity contribution in [2.75, 3.05) is 26.3 Å². The molecule has 19 heavy (non-hydrogen) atoms. The molecule has 2 N–H and O–H groups in total. The van der Waals surface area contributed by atoms with Crippen LogP contribution in [0.3, 0.4) is 0 Å². The van der Waals surface area contributed by atoms with Crippen molar-refractivity contribution in [1.29, 1.82) is 0 Å². The van der Waals surface area contributed by atoms with Crippen LogP contribution in [0.25, 0.3) is 0 Å². The zero-order chi connectivity index (χ0) is 13.3. The molecule has 1 aliphatic rings. The second kappa shape index (κ2) is 7.72. The number of aromatic nitrogens is 2. The summed E-state index contributed by atoms with van der Waals surface area (Å²) in [7, 11) is 0. The molecule has 1 saturated heterocycles. The maximum absolute atomic E-state index is 8.62. The van der Waals surface area contributed by atoms with Gasteiger partial charge in [-0.3, -0.25) is 0 Å². The van der Waals surface area contributed by atoms with E-state index in [-0.39, 0.29) is 6.61 Å². The van der Waals surface area contributed by atoms with Crippen LogP contribution in [0, 0.1) is 17.8 Å². The van der Waals surface area contributed by atoms with Crippen LogP contribution in [0.1, 0.15) is 25.0 Å². The molecule has 0 aliphatic carbocycles. The van der Waals surface area contributed by atoms with Gasteiger partial charge in [-0.1, -0.05) is 5.92 Å². The van der Waals surface area contributed by atoms with Crippen LogP contribution in [0.5, 0.6) is 5.88 Å². The summed E-state index contributed by atoms with van der Waals surface area (Å²) in [6.07, 6.45) is 6.05. The Morgan fingerprint density at radius 3 is 3.05 bits per heavy atom. The molecule has 5 heteroatoms. The van der Waals surface area contributed by atoms with Gasteiger partial charge in [-0.05, 0) is 25.3 Å². The Hall–Kier alpha value is -1.64. The fourth-order valence-corrected chi connectivity index (χ4v) is 1.93. The van der Waals surface area contributed by atoms with Crippen LogP contribution in [0.4, 0.5) is 0 Å². The average molecular weight is 261 g/mol. The van der Waals surface area contributed by atoms with Gasteiger partial charge in [-0.15, -0.1) is 0 Å². The lowest BCUT2D eigenvalue weighted by atomic mass is 10.0. The Bertz CT molecular complexity index is 430. The summed E-state index contributed by atoms with van der Waals surface area (Å²) in [6.45, 7) is 2.87. The Morgan fingerprint density at radius 1 is 1.42 bits per heavy atom. The van der Waals surface area contributed by atoms with Gasteiger partial charge in [-0.25, -0.2) is 9.97 Å². The summed E-state index contributed by atoms with van der Waals surface area (Å²) in [6, 6.07) is 0. The molecular weight excluding hydrogens is 242 g/mol. The molecule has 1 aliphatic heterocycles. The van der Waals surface area contributed by atoms with E-state index in [9.17, 15) is 0 Å². The molecule has 0 radical (unpaired) electrons. The summed E-state index contributed by atoms with van der Waals surface area (Å²) >= 11 is 0. The van der Waals surface area contributed by atoms with E-state index in [2.05, 4.69) is 27.1 Å². The van der Waals surface area contributed by atoms with E-state index in [0.717, 1.165) is 13.1 Å². The van der Waals surface area contributed by atoms with Crippen molar-refractivity contribution in [1.82, 2.24) is 15.3 Å². The Morgan fingerprint density at radius 2 is 2.37 bits per heavy atom. The zero-order valence-electron chi connectivity index (χ0n) is 10.9. The van der Waals surface area contributed by atoms with Crippen molar-refractivity contribution >= 4 is 0 Å². The van der Waals surface area contributed by atoms with Crippen LogP contribution in [-0.4, -0.2) is 41.4 Å². The van der Waals surface area contributed by atoms with Crippen LogP contribution >= 0.6 is 0 Å². The molecule has 0 bridgehead atoms. The van der Waals surface area contributed by atoms with Gasteiger partial charge in [0.05, 0.1) is 25.6 Å². The van der Waals surface area contributed by atoms with Crippen molar-refractivity contribution in [2.45, 2.75) is 19.3 Å². The quantitative estimate of drug-likeness (QED) is 0.776. The molecule has 1 fully saturated rings. The lowest BCUT2D eigenvalue weighted by Gasteiger charge is -2.22. The summed E-state index contributed by atoms with van der Waals surface area (Å²) < 4.78 is 5.62. The van der Waals surface area contributed by atoms with Crippen molar-refractivity contribution in [3.05, 3.63) is 18.1 Å². The lowest BCUT2D eigenvalue weighted by molar-refractivity contribution is 0.211. The standard InChI is InChI=1S/C14H19N3O2/c18-7-2-1-5-13-9-17-14(10-16-13)19-11-12-4-3-6-15-8-12/h9-10,12,15,18H,2-4,6-8,11H2. The van der Waals surface area contributed by atoms with Gasteiger partial charge in [0.2, 0.25) is 5.88 Å². The average Bonchev–Trinajstić information content (AvgIpc) is 2.48. The molecule has 1 atom stereocenters. The lowest BCUT2D eigenvalue weighted by Crippen LogP contribution is -2.33. The number of aliphatic hydroxyl groups is 1. The van der Waals surface area contributed by atoms with E-state index in [1.54, 1.807) is 12.4 Å². The van der Waals surface area contributed by atoms with Crippen LogP contribution < -0.4 is 10.1 Å². The van der Waals surface area contributed by atoms with Crippen molar-refractivity contribution in [3.8, 4) is 17.7 Å². The highest BCUT2D eigenvalue weighted by molar-refractivity contribution is 5.25. The van der Waals surface area contributed by atoms with E-state index < -0.39 is 0 Å². The first-order valence-corrected chi connectivity index (χ1v) is 6.64. The smallest absolute Gasteiger partial charge is 0.232 e. The van der Waals surface area contributed by atoms with E-state index in [1.807, 2.05) is 0 Å². The van der Waals surface area contributed by atoms with Crippen molar-refractivity contribution < 1.29 is 9.84 Å². The second-order valence-corrected chi connectivity index (χ2v) is 4.54. The molecule has 1 unspecified atom stereocenters. The summed E-state index contributed by atoms with van der Waals surface area (Å²) in [4.78, 5) is 8.33. The first-order valence-electron chi connectivity index (χ1n) is 6.64. The number of hydrogen-bond acceptors (Lipinski definition) is 5. The highest BCUT2D eigenvalue weighted by Crippen LogP contribution is 2.12. The highest BCUT2D eigenvalue weighted by atomic mass is 16.5. The molecule has 1 aromatic heterocycles. The van der Waals surface area contributed by atoms with Crippen molar-refractivity contribution in [2.24, 2.45) is 5.92 Å². The van der Waals surface area contributed by atoms with Gasteiger partial charge in [0, 0.05) is 18.9 Å². The summed E-state index contributed by atoms with van der Waals surface area (Å²) in [5.41, 5.74) is 0.597. The number of rotatable bonds is 4. The minimum atomic E-state index is 0.0665. The molecule has 0 amide bonds. The number of aliphatic hydroxyl groups excluding tert-OH is 1. The van der Waals surface area contributed by atoms with Crippen molar-refractivity contribution in [3.63, 3.8) is 0 Å². The second-order valence-electron chi connectivity index (χ2n) is 4.54. The van der Waals surface area contributed by atoms with Gasteiger partial charge < -0.3 is 15.2 Å². The van der Waals surface area contributed by atoms with Gasteiger partial charge in [0.25, 0.3) is 0 Å². The van der Waals surface area contributed by atoms with Gasteiger partial charge in [0.1, 0.15) is 5.69 Å². The topological polar surface area (TPSA) is 67.3 Å². The molecule has 0 aromatic carbocycles. The summed E-state index contributed by atoms with van der Waals surface area (Å²) in [5.74, 6) is 6.73. The number of ether oxygens (including phenoxy) is 1. The highest BCUT2D eigenvalue weighted by Gasteiger charge is 2.13. The maximum Gasteiger partial charge on any atom is 0.232 e. The number of nitrogens with zero attached hydrogens (tertiary/aromatic N) is 2. The van der Waals surface area contributed by atoms with E-state index in [4.69, 9.17) is 9.84 Å². The predicted molar refractivity (Wildman–Crippen MR) is 71.7 cm³/mol. The van der Waals surface area contributed by atoms with E-state index >= 15 is 0 Å². The minimum absolute atomic E-state index is 0.0665. The fourth-order valence-electron chi connectivity index (χ4n) is 1.93. The molecule has 0 saturated carbocycles. The SMILES string of the molecule is OCCC#Cc1cnc(OCC2CCCNC2)cn1. The first-order chi connectivity index (χ1) is 9.38.